The Morgan fingerprint density at radius 3 is 2.68 bits per heavy atom. The summed E-state index contributed by atoms with van der Waals surface area (Å²) in [4.78, 5) is 24.6. The molecule has 1 fully saturated rings. The summed E-state index contributed by atoms with van der Waals surface area (Å²) < 4.78 is 16.1. The van der Waals surface area contributed by atoms with Gasteiger partial charge >= 0.3 is 5.97 Å². The van der Waals surface area contributed by atoms with E-state index in [2.05, 4.69) is 5.32 Å². The Kier molecular flexibility index (Phi) is 4.97. The summed E-state index contributed by atoms with van der Waals surface area (Å²) in [5.41, 5.74) is 1.25. The molecule has 1 amide bonds. The third-order valence-corrected chi connectivity index (χ3v) is 4.68. The van der Waals surface area contributed by atoms with Gasteiger partial charge in [-0.2, -0.15) is 0 Å². The maximum absolute atomic E-state index is 12.4. The van der Waals surface area contributed by atoms with E-state index in [1.54, 1.807) is 39.2 Å². The fourth-order valence-electron chi connectivity index (χ4n) is 3.18. The molecule has 1 aromatic heterocycles. The molecule has 1 atom stereocenters. The number of aryl methyl sites for hydroxylation is 1. The molecule has 1 aliphatic carbocycles. The minimum atomic E-state index is -0.866. The number of hydrogen-bond donors (Lipinski definition) is 1. The van der Waals surface area contributed by atoms with Gasteiger partial charge in [0.15, 0.2) is 6.10 Å². The first-order chi connectivity index (χ1) is 12.0. The minimum Gasteiger partial charge on any atom is -0.497 e. The highest BCUT2D eigenvalue weighted by atomic mass is 16.6. The van der Waals surface area contributed by atoms with E-state index in [0.717, 1.165) is 31.1 Å². The number of methoxy groups -OCH3 is 1. The highest BCUT2D eigenvalue weighted by Gasteiger charge is 2.26. The van der Waals surface area contributed by atoms with Crippen LogP contribution in [0.2, 0.25) is 0 Å². The van der Waals surface area contributed by atoms with E-state index < -0.39 is 12.1 Å². The molecule has 134 valence electrons. The van der Waals surface area contributed by atoms with Crippen LogP contribution >= 0.6 is 0 Å². The summed E-state index contributed by atoms with van der Waals surface area (Å²) >= 11 is 0. The number of ether oxygens (including phenoxy) is 2. The van der Waals surface area contributed by atoms with Crippen LogP contribution in [-0.4, -0.2) is 31.1 Å². The number of fused-ring (bicyclic) bond motifs is 1. The van der Waals surface area contributed by atoms with Gasteiger partial charge in [0.05, 0.1) is 7.11 Å². The van der Waals surface area contributed by atoms with E-state index in [-0.39, 0.29) is 17.7 Å². The number of benzene rings is 1. The average molecular weight is 345 g/mol. The zero-order valence-corrected chi connectivity index (χ0v) is 14.8. The molecule has 25 heavy (non-hydrogen) atoms. The molecular formula is C19H23NO5. The SMILES string of the molecule is COc1ccc2oc(C(=O)O[C@H](C)C(=O)NC3CCCC3)c(C)c2c1. The lowest BCUT2D eigenvalue weighted by Gasteiger charge is -2.16. The molecule has 0 spiro atoms. The molecule has 1 aromatic carbocycles. The van der Waals surface area contributed by atoms with Gasteiger partial charge < -0.3 is 19.2 Å². The monoisotopic (exact) mass is 345 g/mol. The maximum atomic E-state index is 12.4. The van der Waals surface area contributed by atoms with Crippen LogP contribution in [0.5, 0.6) is 5.75 Å². The van der Waals surface area contributed by atoms with E-state index in [0.29, 0.717) is 16.9 Å². The fourth-order valence-corrected chi connectivity index (χ4v) is 3.18. The van der Waals surface area contributed by atoms with Crippen LogP contribution in [-0.2, 0) is 9.53 Å². The normalized spacial score (nSPS) is 16.0. The molecule has 2 aromatic rings. The second-order valence-corrected chi connectivity index (χ2v) is 6.46. The Morgan fingerprint density at radius 2 is 2.00 bits per heavy atom. The third-order valence-electron chi connectivity index (χ3n) is 4.68. The first kappa shape index (κ1) is 17.3. The van der Waals surface area contributed by atoms with Crippen LogP contribution in [0, 0.1) is 6.92 Å². The van der Waals surface area contributed by atoms with Crippen molar-refractivity contribution in [1.29, 1.82) is 0 Å². The number of furan rings is 1. The van der Waals surface area contributed by atoms with Crippen LogP contribution in [0.15, 0.2) is 22.6 Å². The van der Waals surface area contributed by atoms with E-state index in [1.807, 2.05) is 0 Å². The van der Waals surface area contributed by atoms with Crippen molar-refractivity contribution in [2.75, 3.05) is 7.11 Å². The number of amides is 1. The van der Waals surface area contributed by atoms with Gasteiger partial charge in [0, 0.05) is 17.0 Å². The summed E-state index contributed by atoms with van der Waals surface area (Å²) in [5, 5.41) is 3.71. The fraction of sp³-hybridized carbons (Fsp3) is 0.474. The Bertz CT molecular complexity index is 788. The lowest BCUT2D eigenvalue weighted by molar-refractivity contribution is -0.129. The summed E-state index contributed by atoms with van der Waals surface area (Å²) in [6.45, 7) is 3.36. The first-order valence-electron chi connectivity index (χ1n) is 8.58. The Hall–Kier alpha value is -2.50. The van der Waals surface area contributed by atoms with Crippen LogP contribution in [0.4, 0.5) is 0 Å². The summed E-state index contributed by atoms with van der Waals surface area (Å²) in [7, 11) is 1.58. The Morgan fingerprint density at radius 1 is 1.28 bits per heavy atom. The minimum absolute atomic E-state index is 0.115. The zero-order valence-electron chi connectivity index (χ0n) is 14.8. The van der Waals surface area contributed by atoms with Gasteiger partial charge in [0.1, 0.15) is 11.3 Å². The van der Waals surface area contributed by atoms with Crippen molar-refractivity contribution in [3.63, 3.8) is 0 Å². The smallest absolute Gasteiger partial charge is 0.375 e. The summed E-state index contributed by atoms with van der Waals surface area (Å²) in [6, 6.07) is 5.50. The second-order valence-electron chi connectivity index (χ2n) is 6.46. The largest absolute Gasteiger partial charge is 0.497 e. The molecule has 0 aliphatic heterocycles. The van der Waals surface area contributed by atoms with E-state index in [9.17, 15) is 9.59 Å². The molecule has 1 heterocycles. The van der Waals surface area contributed by atoms with Crippen molar-refractivity contribution >= 4 is 22.8 Å². The molecule has 3 rings (SSSR count). The summed E-state index contributed by atoms with van der Waals surface area (Å²) in [6.07, 6.45) is 3.35. The molecule has 1 N–H and O–H groups in total. The third kappa shape index (κ3) is 3.62. The molecule has 0 bridgehead atoms. The van der Waals surface area contributed by atoms with E-state index in [1.165, 1.54) is 0 Å². The predicted octanol–water partition coefficient (Wildman–Crippen LogP) is 3.35. The Labute approximate surface area is 146 Å². The van der Waals surface area contributed by atoms with Crippen LogP contribution < -0.4 is 10.1 Å². The lowest BCUT2D eigenvalue weighted by atomic mass is 10.1. The number of hydrogen-bond acceptors (Lipinski definition) is 5. The molecule has 0 unspecified atom stereocenters. The number of carbonyl (C=O) groups excluding carboxylic acids is 2. The van der Waals surface area contributed by atoms with Crippen molar-refractivity contribution in [2.45, 2.75) is 51.7 Å². The lowest BCUT2D eigenvalue weighted by Crippen LogP contribution is -2.40. The zero-order chi connectivity index (χ0) is 18.0. The molecule has 0 saturated heterocycles. The van der Waals surface area contributed by atoms with Gasteiger partial charge in [0.25, 0.3) is 5.91 Å². The van der Waals surface area contributed by atoms with E-state index >= 15 is 0 Å². The Balaban J connectivity index is 1.70. The number of carbonyl (C=O) groups is 2. The van der Waals surface area contributed by atoms with Crippen LogP contribution in [0.25, 0.3) is 11.0 Å². The van der Waals surface area contributed by atoms with Crippen molar-refractivity contribution < 1.29 is 23.5 Å². The van der Waals surface area contributed by atoms with Gasteiger partial charge in [0.2, 0.25) is 5.76 Å². The highest BCUT2D eigenvalue weighted by Crippen LogP contribution is 2.29. The van der Waals surface area contributed by atoms with Gasteiger partial charge in [-0.3, -0.25) is 4.79 Å². The molecule has 0 radical (unpaired) electrons. The van der Waals surface area contributed by atoms with Crippen molar-refractivity contribution in [1.82, 2.24) is 5.32 Å². The first-order valence-corrected chi connectivity index (χ1v) is 8.58. The van der Waals surface area contributed by atoms with Crippen LogP contribution in [0.1, 0.15) is 48.7 Å². The molecule has 1 saturated carbocycles. The van der Waals surface area contributed by atoms with Crippen molar-refractivity contribution in [3.05, 3.63) is 29.5 Å². The van der Waals surface area contributed by atoms with Crippen LogP contribution in [0.3, 0.4) is 0 Å². The number of rotatable bonds is 5. The molecule has 1 aliphatic rings. The molecular weight excluding hydrogens is 322 g/mol. The van der Waals surface area contributed by atoms with Gasteiger partial charge in [-0.1, -0.05) is 12.8 Å². The maximum Gasteiger partial charge on any atom is 0.375 e. The number of esters is 1. The topological polar surface area (TPSA) is 77.8 Å². The predicted molar refractivity (Wildman–Crippen MR) is 92.8 cm³/mol. The summed E-state index contributed by atoms with van der Waals surface area (Å²) in [5.74, 6) is -0.109. The highest BCUT2D eigenvalue weighted by molar-refractivity contribution is 5.97. The van der Waals surface area contributed by atoms with E-state index in [4.69, 9.17) is 13.9 Å². The van der Waals surface area contributed by atoms with Crippen molar-refractivity contribution in [2.24, 2.45) is 0 Å². The van der Waals surface area contributed by atoms with Gasteiger partial charge in [-0.25, -0.2) is 4.79 Å². The van der Waals surface area contributed by atoms with Gasteiger partial charge in [-0.05, 0) is 44.9 Å². The quantitative estimate of drug-likeness (QED) is 0.841. The molecule has 6 nitrogen and oxygen atoms in total. The van der Waals surface area contributed by atoms with Crippen molar-refractivity contribution in [3.8, 4) is 5.75 Å². The molecule has 6 heteroatoms. The second kappa shape index (κ2) is 7.17. The number of nitrogens with one attached hydrogen (secondary N) is 1. The van der Waals surface area contributed by atoms with Gasteiger partial charge in [-0.15, -0.1) is 0 Å². The average Bonchev–Trinajstić information content (AvgIpc) is 3.22. The standard InChI is InChI=1S/C19H23NO5/c1-11-15-10-14(23-3)8-9-16(15)25-17(11)19(22)24-12(2)18(21)20-13-6-4-5-7-13/h8-10,12-13H,4-7H2,1-3H3,(H,20,21)/t12-/m1/s1.